The molecule has 1 unspecified atom stereocenters. The molecule has 1 aliphatic rings. The summed E-state index contributed by atoms with van der Waals surface area (Å²) >= 11 is 0. The Morgan fingerprint density at radius 1 is 1.24 bits per heavy atom. The van der Waals surface area contributed by atoms with Gasteiger partial charge in [0.15, 0.2) is 0 Å². The van der Waals surface area contributed by atoms with Crippen LogP contribution in [-0.2, 0) is 17.7 Å². The molecule has 0 aromatic heterocycles. The summed E-state index contributed by atoms with van der Waals surface area (Å²) in [6.45, 7) is 7.26. The molecule has 0 bridgehead atoms. The van der Waals surface area contributed by atoms with Gasteiger partial charge in [0.1, 0.15) is 0 Å². The normalized spacial score (nSPS) is 19.1. The van der Waals surface area contributed by atoms with Crippen molar-refractivity contribution in [3.05, 3.63) is 35.4 Å². The van der Waals surface area contributed by atoms with Crippen LogP contribution in [0.15, 0.2) is 24.3 Å². The Labute approximate surface area is 129 Å². The van der Waals surface area contributed by atoms with Crippen LogP contribution in [-0.4, -0.2) is 44.3 Å². The van der Waals surface area contributed by atoms with E-state index in [2.05, 4.69) is 48.5 Å². The third kappa shape index (κ3) is 5.77. The number of likely N-dealkylation sites (N-methyl/N-ethyl adjacent to an activating group) is 2. The SMILES string of the molecule is CCNCCc1ccccc1CN(C)CC1CCCCO1. The predicted molar refractivity (Wildman–Crippen MR) is 88.6 cm³/mol. The number of hydrogen-bond acceptors (Lipinski definition) is 3. The molecule has 1 heterocycles. The summed E-state index contributed by atoms with van der Waals surface area (Å²) in [5.74, 6) is 0. The number of nitrogens with one attached hydrogen (secondary N) is 1. The molecule has 1 fully saturated rings. The van der Waals surface area contributed by atoms with Crippen LogP contribution >= 0.6 is 0 Å². The molecule has 0 spiro atoms. The van der Waals surface area contributed by atoms with E-state index < -0.39 is 0 Å². The maximum absolute atomic E-state index is 5.84. The summed E-state index contributed by atoms with van der Waals surface area (Å²) in [6, 6.07) is 8.82. The molecule has 0 amide bonds. The molecule has 3 nitrogen and oxygen atoms in total. The molecule has 1 N–H and O–H groups in total. The molecule has 0 aliphatic carbocycles. The molecule has 1 aromatic carbocycles. The van der Waals surface area contributed by atoms with Crippen molar-refractivity contribution in [3.8, 4) is 0 Å². The molecular formula is C18H30N2O. The minimum atomic E-state index is 0.428. The summed E-state index contributed by atoms with van der Waals surface area (Å²) in [5.41, 5.74) is 2.92. The fourth-order valence-corrected chi connectivity index (χ4v) is 3.01. The summed E-state index contributed by atoms with van der Waals surface area (Å²) in [6.07, 6.45) is 5.30. The number of ether oxygens (including phenoxy) is 1. The van der Waals surface area contributed by atoms with E-state index in [1.807, 2.05) is 0 Å². The largest absolute Gasteiger partial charge is 0.377 e. The Kier molecular flexibility index (Phi) is 7.20. The Morgan fingerprint density at radius 2 is 2.05 bits per heavy atom. The van der Waals surface area contributed by atoms with E-state index in [1.165, 1.54) is 30.4 Å². The summed E-state index contributed by atoms with van der Waals surface area (Å²) in [4.78, 5) is 2.40. The summed E-state index contributed by atoms with van der Waals surface area (Å²) in [7, 11) is 2.21. The monoisotopic (exact) mass is 290 g/mol. The van der Waals surface area contributed by atoms with Crippen molar-refractivity contribution < 1.29 is 4.74 Å². The van der Waals surface area contributed by atoms with E-state index in [9.17, 15) is 0 Å². The van der Waals surface area contributed by atoms with Crippen molar-refractivity contribution in [1.29, 1.82) is 0 Å². The van der Waals surface area contributed by atoms with Gasteiger partial charge >= 0.3 is 0 Å². The smallest absolute Gasteiger partial charge is 0.0702 e. The topological polar surface area (TPSA) is 24.5 Å². The Bertz CT molecular complexity index is 402. The quantitative estimate of drug-likeness (QED) is 0.745. The summed E-state index contributed by atoms with van der Waals surface area (Å²) < 4.78 is 5.84. The molecule has 1 atom stereocenters. The van der Waals surface area contributed by atoms with Gasteiger partial charge in [0.25, 0.3) is 0 Å². The summed E-state index contributed by atoms with van der Waals surface area (Å²) in [5, 5.41) is 3.41. The first kappa shape index (κ1) is 16.5. The van der Waals surface area contributed by atoms with Crippen molar-refractivity contribution >= 4 is 0 Å². The average Bonchev–Trinajstić information content (AvgIpc) is 2.50. The van der Waals surface area contributed by atoms with Crippen molar-refractivity contribution in [2.45, 2.75) is 45.3 Å². The molecule has 1 aliphatic heterocycles. The minimum absolute atomic E-state index is 0.428. The van der Waals surface area contributed by atoms with E-state index in [0.717, 1.165) is 39.2 Å². The van der Waals surface area contributed by atoms with Gasteiger partial charge in [0.05, 0.1) is 6.10 Å². The van der Waals surface area contributed by atoms with Crippen LogP contribution in [0.5, 0.6) is 0 Å². The fourth-order valence-electron chi connectivity index (χ4n) is 3.01. The lowest BCUT2D eigenvalue weighted by Gasteiger charge is -2.28. The zero-order valence-electron chi connectivity index (χ0n) is 13.6. The van der Waals surface area contributed by atoms with Crippen LogP contribution in [0.4, 0.5) is 0 Å². The number of hydrogen-bond donors (Lipinski definition) is 1. The second-order valence-corrected chi connectivity index (χ2v) is 6.06. The van der Waals surface area contributed by atoms with Gasteiger partial charge in [-0.2, -0.15) is 0 Å². The molecule has 118 valence electrons. The first-order valence-electron chi connectivity index (χ1n) is 8.37. The molecule has 0 radical (unpaired) electrons. The van der Waals surface area contributed by atoms with Crippen molar-refractivity contribution in [2.24, 2.45) is 0 Å². The molecule has 3 heteroatoms. The lowest BCUT2D eigenvalue weighted by molar-refractivity contribution is -0.00262. The first-order chi connectivity index (χ1) is 10.3. The van der Waals surface area contributed by atoms with Crippen molar-refractivity contribution in [3.63, 3.8) is 0 Å². The maximum atomic E-state index is 5.84. The molecule has 2 rings (SSSR count). The van der Waals surface area contributed by atoms with Gasteiger partial charge in [-0.05, 0) is 56.9 Å². The van der Waals surface area contributed by atoms with E-state index in [0.29, 0.717) is 6.10 Å². The number of rotatable bonds is 8. The molecule has 1 saturated heterocycles. The first-order valence-corrected chi connectivity index (χ1v) is 8.37. The van der Waals surface area contributed by atoms with Gasteiger partial charge in [0, 0.05) is 19.7 Å². The van der Waals surface area contributed by atoms with E-state index >= 15 is 0 Å². The van der Waals surface area contributed by atoms with Crippen LogP contribution in [0, 0.1) is 0 Å². The van der Waals surface area contributed by atoms with Crippen LogP contribution < -0.4 is 5.32 Å². The lowest BCUT2D eigenvalue weighted by atomic mass is 10.0. The number of benzene rings is 1. The van der Waals surface area contributed by atoms with Gasteiger partial charge in [-0.15, -0.1) is 0 Å². The molecule has 0 saturated carbocycles. The zero-order chi connectivity index (χ0) is 14.9. The lowest BCUT2D eigenvalue weighted by Crippen LogP contribution is -2.33. The van der Waals surface area contributed by atoms with Crippen LogP contribution in [0.2, 0.25) is 0 Å². The van der Waals surface area contributed by atoms with Gasteiger partial charge in [-0.1, -0.05) is 31.2 Å². The highest BCUT2D eigenvalue weighted by Crippen LogP contribution is 2.16. The van der Waals surface area contributed by atoms with E-state index in [-0.39, 0.29) is 0 Å². The van der Waals surface area contributed by atoms with Gasteiger partial charge in [0.2, 0.25) is 0 Å². The molecule has 21 heavy (non-hydrogen) atoms. The third-order valence-electron chi connectivity index (χ3n) is 4.17. The van der Waals surface area contributed by atoms with Gasteiger partial charge in [-0.25, -0.2) is 0 Å². The average molecular weight is 290 g/mol. The highest BCUT2D eigenvalue weighted by Gasteiger charge is 2.16. The molecular weight excluding hydrogens is 260 g/mol. The van der Waals surface area contributed by atoms with Gasteiger partial charge in [-0.3, -0.25) is 4.90 Å². The standard InChI is InChI=1S/C18H30N2O/c1-3-19-12-11-16-8-4-5-9-17(16)14-20(2)15-18-10-6-7-13-21-18/h4-5,8-9,18-19H,3,6-7,10-15H2,1-2H3. The van der Waals surface area contributed by atoms with Gasteiger partial charge < -0.3 is 10.1 Å². The predicted octanol–water partition coefficient (Wildman–Crippen LogP) is 2.84. The van der Waals surface area contributed by atoms with Crippen LogP contribution in [0.1, 0.15) is 37.3 Å². The highest BCUT2D eigenvalue weighted by molar-refractivity contribution is 5.27. The highest BCUT2D eigenvalue weighted by atomic mass is 16.5. The Morgan fingerprint density at radius 3 is 2.76 bits per heavy atom. The second kappa shape index (κ2) is 9.19. The minimum Gasteiger partial charge on any atom is -0.377 e. The number of nitrogens with zero attached hydrogens (tertiary/aromatic N) is 1. The van der Waals surface area contributed by atoms with Crippen LogP contribution in [0.3, 0.4) is 0 Å². The maximum Gasteiger partial charge on any atom is 0.0702 e. The Balaban J connectivity index is 1.85. The van der Waals surface area contributed by atoms with E-state index in [4.69, 9.17) is 4.74 Å². The zero-order valence-corrected chi connectivity index (χ0v) is 13.6. The second-order valence-electron chi connectivity index (χ2n) is 6.06. The van der Waals surface area contributed by atoms with Crippen LogP contribution in [0.25, 0.3) is 0 Å². The third-order valence-corrected chi connectivity index (χ3v) is 4.17. The Hall–Kier alpha value is -0.900. The van der Waals surface area contributed by atoms with Crippen molar-refractivity contribution in [1.82, 2.24) is 10.2 Å². The van der Waals surface area contributed by atoms with E-state index in [1.54, 1.807) is 0 Å². The van der Waals surface area contributed by atoms with Crippen molar-refractivity contribution in [2.75, 3.05) is 33.3 Å². The fraction of sp³-hybridized carbons (Fsp3) is 0.667. The molecule has 1 aromatic rings.